The molecule has 0 radical (unpaired) electrons. The maximum absolute atomic E-state index is 14.1. The third-order valence-electron chi connectivity index (χ3n) is 6.38. The lowest BCUT2D eigenvalue weighted by Gasteiger charge is -2.35. The summed E-state index contributed by atoms with van der Waals surface area (Å²) in [7, 11) is 0. The van der Waals surface area contributed by atoms with Gasteiger partial charge in [-0.2, -0.15) is 0 Å². The number of pyridine rings is 1. The van der Waals surface area contributed by atoms with Crippen LogP contribution in [0.3, 0.4) is 0 Å². The van der Waals surface area contributed by atoms with E-state index in [9.17, 15) is 14.3 Å². The van der Waals surface area contributed by atoms with Crippen molar-refractivity contribution in [2.75, 3.05) is 24.8 Å². The number of anilines is 1. The minimum Gasteiger partial charge on any atom is -0.454 e. The van der Waals surface area contributed by atoms with Crippen LogP contribution in [0.5, 0.6) is 11.5 Å². The van der Waals surface area contributed by atoms with Crippen LogP contribution in [0, 0.1) is 17.7 Å². The molecule has 2 aromatic rings. The highest BCUT2D eigenvalue weighted by atomic mass is 19.1. The second kappa shape index (κ2) is 7.75. The van der Waals surface area contributed by atoms with Gasteiger partial charge in [-0.1, -0.05) is 6.07 Å². The highest BCUT2D eigenvalue weighted by Crippen LogP contribution is 2.39. The number of rotatable bonds is 4. The lowest BCUT2D eigenvalue weighted by atomic mass is 9.77. The van der Waals surface area contributed by atoms with E-state index in [0.29, 0.717) is 49.0 Å². The van der Waals surface area contributed by atoms with Crippen molar-refractivity contribution < 1.29 is 23.8 Å². The Bertz CT molecular complexity index is 956. The number of nitrogens with zero attached hydrogens (tertiary/aromatic N) is 2. The zero-order valence-electron chi connectivity index (χ0n) is 16.5. The molecule has 2 fully saturated rings. The molecule has 7 nitrogen and oxygen atoms in total. The topological polar surface area (TPSA) is 83.9 Å². The van der Waals surface area contributed by atoms with Gasteiger partial charge in [0.05, 0.1) is 30.5 Å². The van der Waals surface area contributed by atoms with Crippen LogP contribution in [0.1, 0.15) is 18.4 Å². The number of aliphatic hydroxyl groups is 1. The van der Waals surface area contributed by atoms with E-state index in [1.807, 2.05) is 17.0 Å². The highest BCUT2D eigenvalue weighted by Gasteiger charge is 2.42. The molecule has 0 unspecified atom stereocenters. The van der Waals surface area contributed by atoms with E-state index in [0.717, 1.165) is 5.56 Å². The zero-order chi connectivity index (χ0) is 20.7. The molecular weight excluding hydrogens is 389 g/mol. The first-order valence-corrected chi connectivity index (χ1v) is 10.3. The quantitative estimate of drug-likeness (QED) is 0.797. The second-order valence-electron chi connectivity index (χ2n) is 8.33. The standard InChI is InChI=1S/C22H24FN3O4/c23-16-9-24-4-3-18(16)26-10-14-7-17(19(27)8-15(14)11-26)25-22(28)6-13-1-2-20-21(5-13)30-12-29-20/h1-5,9,14-15,17,19,27H,6-8,10-12H2,(H,25,28)/t14-,15+,17-,19-/m0/s1. The van der Waals surface area contributed by atoms with Crippen molar-refractivity contribution >= 4 is 11.6 Å². The Labute approximate surface area is 173 Å². The number of amides is 1. The molecule has 2 N–H and O–H groups in total. The number of fused-ring (bicyclic) bond motifs is 2. The number of nitrogens with one attached hydrogen (secondary N) is 1. The zero-order valence-corrected chi connectivity index (χ0v) is 16.5. The minimum absolute atomic E-state index is 0.133. The first kappa shape index (κ1) is 19.1. The first-order chi connectivity index (χ1) is 14.6. The summed E-state index contributed by atoms with van der Waals surface area (Å²) in [6, 6.07) is 6.85. The fourth-order valence-electron chi connectivity index (χ4n) is 4.90. The number of aliphatic hydroxyl groups excluding tert-OH is 1. The monoisotopic (exact) mass is 413 g/mol. The molecule has 30 heavy (non-hydrogen) atoms. The molecule has 0 spiro atoms. The predicted molar refractivity (Wildman–Crippen MR) is 107 cm³/mol. The van der Waals surface area contributed by atoms with Gasteiger partial charge in [0.15, 0.2) is 17.3 Å². The van der Waals surface area contributed by atoms with Crippen molar-refractivity contribution in [1.82, 2.24) is 10.3 Å². The van der Waals surface area contributed by atoms with Gasteiger partial charge >= 0.3 is 0 Å². The summed E-state index contributed by atoms with van der Waals surface area (Å²) in [6.07, 6.45) is 3.71. The molecule has 2 aliphatic heterocycles. The molecule has 3 aliphatic rings. The lowest BCUT2D eigenvalue weighted by Crippen LogP contribution is -2.49. The Hall–Kier alpha value is -2.87. The lowest BCUT2D eigenvalue weighted by molar-refractivity contribution is -0.122. The molecule has 1 amide bonds. The van der Waals surface area contributed by atoms with Crippen molar-refractivity contribution in [3.8, 4) is 11.5 Å². The van der Waals surface area contributed by atoms with E-state index < -0.39 is 6.10 Å². The first-order valence-electron chi connectivity index (χ1n) is 10.3. The SMILES string of the molecule is O=C(Cc1ccc2c(c1)OCO2)N[C@H]1C[C@H]2CN(c3ccncc3F)C[C@H]2C[C@@H]1O. The number of carbonyl (C=O) groups excluding carboxylic acids is 1. The molecule has 4 atom stereocenters. The smallest absolute Gasteiger partial charge is 0.231 e. The van der Waals surface area contributed by atoms with Crippen molar-refractivity contribution in [1.29, 1.82) is 0 Å². The summed E-state index contributed by atoms with van der Waals surface area (Å²) < 4.78 is 24.8. The second-order valence-corrected chi connectivity index (χ2v) is 8.33. The van der Waals surface area contributed by atoms with Crippen LogP contribution in [-0.2, 0) is 11.2 Å². The van der Waals surface area contributed by atoms with Crippen molar-refractivity contribution in [2.45, 2.75) is 31.4 Å². The van der Waals surface area contributed by atoms with E-state index in [1.165, 1.54) is 6.20 Å². The molecule has 1 saturated heterocycles. The fourth-order valence-corrected chi connectivity index (χ4v) is 4.90. The van der Waals surface area contributed by atoms with E-state index in [2.05, 4.69) is 10.3 Å². The van der Waals surface area contributed by atoms with Gasteiger partial charge in [0, 0.05) is 19.3 Å². The largest absolute Gasteiger partial charge is 0.454 e. The molecule has 1 aromatic heterocycles. The molecule has 1 aliphatic carbocycles. The fraction of sp³-hybridized carbons (Fsp3) is 0.455. The normalized spacial score (nSPS) is 27.1. The third-order valence-corrected chi connectivity index (χ3v) is 6.38. The number of carbonyl (C=O) groups is 1. The molecule has 3 heterocycles. The average molecular weight is 413 g/mol. The Morgan fingerprint density at radius 3 is 2.83 bits per heavy atom. The molecule has 158 valence electrons. The Kier molecular flexibility index (Phi) is 4.94. The van der Waals surface area contributed by atoms with E-state index in [-0.39, 0.29) is 36.9 Å². The van der Waals surface area contributed by atoms with Gasteiger partial charge in [-0.25, -0.2) is 4.39 Å². The summed E-state index contributed by atoms with van der Waals surface area (Å²) in [5.41, 5.74) is 1.39. The summed E-state index contributed by atoms with van der Waals surface area (Å²) in [5.74, 6) is 1.46. The Morgan fingerprint density at radius 2 is 2.00 bits per heavy atom. The van der Waals surface area contributed by atoms with Crippen molar-refractivity contribution in [3.05, 3.63) is 48.0 Å². The maximum Gasteiger partial charge on any atom is 0.231 e. The van der Waals surface area contributed by atoms with Crippen LogP contribution in [0.15, 0.2) is 36.7 Å². The average Bonchev–Trinajstić information content (AvgIpc) is 3.34. The van der Waals surface area contributed by atoms with E-state index >= 15 is 0 Å². The molecule has 0 bridgehead atoms. The summed E-state index contributed by atoms with van der Waals surface area (Å²) >= 11 is 0. The number of aromatic nitrogens is 1. The van der Waals surface area contributed by atoms with Crippen LogP contribution < -0.4 is 19.7 Å². The predicted octanol–water partition coefficient (Wildman–Crippen LogP) is 1.88. The number of benzene rings is 1. The van der Waals surface area contributed by atoms with Crippen LogP contribution in [0.25, 0.3) is 0 Å². The minimum atomic E-state index is -0.603. The summed E-state index contributed by atoms with van der Waals surface area (Å²) in [5, 5.41) is 13.6. The van der Waals surface area contributed by atoms with Crippen LogP contribution in [0.2, 0.25) is 0 Å². The number of ether oxygens (including phenoxy) is 2. The van der Waals surface area contributed by atoms with Gasteiger partial charge in [0.1, 0.15) is 0 Å². The van der Waals surface area contributed by atoms with Gasteiger partial charge in [0.25, 0.3) is 0 Å². The highest BCUT2D eigenvalue weighted by molar-refractivity contribution is 5.79. The van der Waals surface area contributed by atoms with Gasteiger partial charge in [0.2, 0.25) is 12.7 Å². The van der Waals surface area contributed by atoms with Crippen molar-refractivity contribution in [2.24, 2.45) is 11.8 Å². The molecular formula is C22H24FN3O4. The van der Waals surface area contributed by atoms with Gasteiger partial charge in [-0.15, -0.1) is 0 Å². The summed E-state index contributed by atoms with van der Waals surface area (Å²) in [4.78, 5) is 18.4. The Balaban J connectivity index is 1.20. The number of hydrogen-bond acceptors (Lipinski definition) is 6. The molecule has 1 aromatic carbocycles. The Morgan fingerprint density at radius 1 is 1.20 bits per heavy atom. The maximum atomic E-state index is 14.1. The molecule has 5 rings (SSSR count). The number of hydrogen-bond donors (Lipinski definition) is 2. The third kappa shape index (κ3) is 3.67. The van der Waals surface area contributed by atoms with Crippen molar-refractivity contribution in [3.63, 3.8) is 0 Å². The van der Waals surface area contributed by atoms with Gasteiger partial charge in [-0.3, -0.25) is 9.78 Å². The van der Waals surface area contributed by atoms with Crippen LogP contribution in [-0.4, -0.2) is 48.0 Å². The van der Waals surface area contributed by atoms with Crippen LogP contribution in [0.4, 0.5) is 10.1 Å². The van der Waals surface area contributed by atoms with E-state index in [4.69, 9.17) is 9.47 Å². The molecule has 8 heteroatoms. The summed E-state index contributed by atoms with van der Waals surface area (Å²) in [6.45, 7) is 1.62. The van der Waals surface area contributed by atoms with Crippen LogP contribution >= 0.6 is 0 Å². The molecule has 1 saturated carbocycles. The van der Waals surface area contributed by atoms with E-state index in [1.54, 1.807) is 18.3 Å². The number of halogens is 1. The van der Waals surface area contributed by atoms with Gasteiger partial charge in [-0.05, 0) is 48.4 Å². The van der Waals surface area contributed by atoms with Gasteiger partial charge < -0.3 is 24.8 Å².